The summed E-state index contributed by atoms with van der Waals surface area (Å²) in [4.78, 5) is -0.0460. The van der Waals surface area contributed by atoms with Crippen LogP contribution in [0.5, 0.6) is 5.75 Å². The van der Waals surface area contributed by atoms with Crippen LogP contribution in [-0.2, 0) is 9.84 Å². The van der Waals surface area contributed by atoms with Crippen molar-refractivity contribution in [3.05, 3.63) is 23.3 Å². The Bertz CT molecular complexity index is 512. The van der Waals surface area contributed by atoms with Gasteiger partial charge in [-0.25, -0.2) is 8.42 Å². The smallest absolute Gasteiger partial charge is 0.176 e. The molecule has 0 aliphatic carbocycles. The van der Waals surface area contributed by atoms with Crippen LogP contribution in [0.4, 0.5) is 0 Å². The van der Waals surface area contributed by atoms with Crippen molar-refractivity contribution in [3.8, 4) is 11.8 Å². The maximum absolute atomic E-state index is 11.2. The third kappa shape index (κ3) is 1.86. The van der Waals surface area contributed by atoms with Crippen LogP contribution < -0.4 is 0 Å². The molecule has 74 valence electrons. The number of sulfone groups is 1. The topological polar surface area (TPSA) is 78.2 Å². The molecule has 1 aromatic rings. The number of phenolic OH excluding ortho intramolecular Hbond substituents is 1. The minimum atomic E-state index is -3.42. The van der Waals surface area contributed by atoms with E-state index in [4.69, 9.17) is 5.26 Å². The molecule has 0 unspecified atom stereocenters. The first kappa shape index (κ1) is 10.5. The molecule has 14 heavy (non-hydrogen) atoms. The van der Waals surface area contributed by atoms with Crippen LogP contribution in [0.25, 0.3) is 0 Å². The molecule has 0 saturated carbocycles. The standard InChI is InChI=1S/C9H9NO3S/c1-6-3-9(14(2,12)13)7(5-10)4-8(6)11/h3-4,11H,1-2H3. The summed E-state index contributed by atoms with van der Waals surface area (Å²) in [7, 11) is -3.42. The van der Waals surface area contributed by atoms with Crippen LogP contribution in [-0.4, -0.2) is 19.8 Å². The van der Waals surface area contributed by atoms with Crippen molar-refractivity contribution in [2.24, 2.45) is 0 Å². The largest absolute Gasteiger partial charge is 0.508 e. The van der Waals surface area contributed by atoms with E-state index in [1.54, 1.807) is 13.0 Å². The highest BCUT2D eigenvalue weighted by Crippen LogP contribution is 2.24. The summed E-state index contributed by atoms with van der Waals surface area (Å²) in [5.41, 5.74) is 0.403. The van der Waals surface area contributed by atoms with Gasteiger partial charge in [-0.3, -0.25) is 0 Å². The second-order valence-electron chi connectivity index (χ2n) is 3.02. The summed E-state index contributed by atoms with van der Waals surface area (Å²) in [6.45, 7) is 1.57. The van der Waals surface area contributed by atoms with E-state index in [0.717, 1.165) is 12.3 Å². The number of hydrogen-bond donors (Lipinski definition) is 1. The predicted molar refractivity (Wildman–Crippen MR) is 50.7 cm³/mol. The Morgan fingerprint density at radius 2 is 2.00 bits per heavy atom. The van der Waals surface area contributed by atoms with Crippen molar-refractivity contribution in [3.63, 3.8) is 0 Å². The van der Waals surface area contributed by atoms with Crippen LogP contribution in [0.2, 0.25) is 0 Å². The summed E-state index contributed by atoms with van der Waals surface area (Å²) < 4.78 is 22.5. The minimum absolute atomic E-state index is 0.0319. The zero-order chi connectivity index (χ0) is 10.9. The van der Waals surface area contributed by atoms with Crippen molar-refractivity contribution in [1.29, 1.82) is 5.26 Å². The summed E-state index contributed by atoms with van der Waals surface area (Å²) in [5, 5.41) is 17.9. The fourth-order valence-corrected chi connectivity index (χ4v) is 1.96. The average molecular weight is 211 g/mol. The molecular weight excluding hydrogens is 202 g/mol. The summed E-state index contributed by atoms with van der Waals surface area (Å²) in [6.07, 6.45) is 1.03. The Balaban J connectivity index is 3.61. The molecule has 0 spiro atoms. The van der Waals surface area contributed by atoms with Crippen molar-refractivity contribution < 1.29 is 13.5 Å². The number of nitrogens with zero attached hydrogens (tertiary/aromatic N) is 1. The monoisotopic (exact) mass is 211 g/mol. The van der Waals surface area contributed by atoms with Gasteiger partial charge in [-0.15, -0.1) is 0 Å². The highest BCUT2D eigenvalue weighted by atomic mass is 32.2. The molecule has 0 aliphatic heterocycles. The van der Waals surface area contributed by atoms with Crippen LogP contribution in [0.3, 0.4) is 0 Å². The van der Waals surface area contributed by atoms with Crippen LogP contribution in [0.1, 0.15) is 11.1 Å². The van der Waals surface area contributed by atoms with Gasteiger partial charge in [-0.1, -0.05) is 0 Å². The van der Waals surface area contributed by atoms with E-state index in [0.29, 0.717) is 5.56 Å². The maximum atomic E-state index is 11.2. The zero-order valence-corrected chi connectivity index (χ0v) is 8.59. The first-order valence-electron chi connectivity index (χ1n) is 3.80. The van der Waals surface area contributed by atoms with Gasteiger partial charge in [0.15, 0.2) is 9.84 Å². The molecular formula is C9H9NO3S. The average Bonchev–Trinajstić information content (AvgIpc) is 2.07. The second kappa shape index (κ2) is 3.31. The molecule has 0 heterocycles. The molecule has 1 rings (SSSR count). The van der Waals surface area contributed by atoms with Crippen LogP contribution >= 0.6 is 0 Å². The van der Waals surface area contributed by atoms with Gasteiger partial charge < -0.3 is 5.11 Å². The highest BCUT2D eigenvalue weighted by Gasteiger charge is 2.15. The summed E-state index contributed by atoms with van der Waals surface area (Å²) in [5.74, 6) is -0.0750. The van der Waals surface area contributed by atoms with Gasteiger partial charge in [0.1, 0.15) is 11.8 Å². The van der Waals surface area contributed by atoms with Crippen molar-refractivity contribution in [1.82, 2.24) is 0 Å². The second-order valence-corrected chi connectivity index (χ2v) is 5.00. The van der Waals surface area contributed by atoms with E-state index >= 15 is 0 Å². The summed E-state index contributed by atoms with van der Waals surface area (Å²) >= 11 is 0. The van der Waals surface area contributed by atoms with E-state index in [2.05, 4.69) is 0 Å². The highest BCUT2D eigenvalue weighted by molar-refractivity contribution is 7.90. The van der Waals surface area contributed by atoms with Crippen LogP contribution in [0.15, 0.2) is 17.0 Å². The number of nitriles is 1. The van der Waals surface area contributed by atoms with E-state index < -0.39 is 9.84 Å². The Morgan fingerprint density at radius 3 is 2.43 bits per heavy atom. The van der Waals surface area contributed by atoms with Crippen LogP contribution in [0, 0.1) is 18.3 Å². The molecule has 1 aromatic carbocycles. The fraction of sp³-hybridized carbons (Fsp3) is 0.222. The Hall–Kier alpha value is -1.54. The van der Waals surface area contributed by atoms with E-state index in [9.17, 15) is 13.5 Å². The van der Waals surface area contributed by atoms with Gasteiger partial charge in [-0.2, -0.15) is 5.26 Å². The Kier molecular flexibility index (Phi) is 2.49. The number of hydrogen-bond acceptors (Lipinski definition) is 4. The predicted octanol–water partition coefficient (Wildman–Crippen LogP) is 0.976. The Morgan fingerprint density at radius 1 is 1.43 bits per heavy atom. The fourth-order valence-electron chi connectivity index (χ4n) is 1.06. The van der Waals surface area contributed by atoms with Gasteiger partial charge >= 0.3 is 0 Å². The third-order valence-electron chi connectivity index (χ3n) is 1.82. The summed E-state index contributed by atoms with van der Waals surface area (Å²) in [6, 6.07) is 4.18. The lowest BCUT2D eigenvalue weighted by atomic mass is 10.1. The number of phenols is 1. The van der Waals surface area contributed by atoms with Gasteiger partial charge in [0.2, 0.25) is 0 Å². The number of benzene rings is 1. The first-order chi connectivity index (χ1) is 6.36. The number of rotatable bonds is 1. The quantitative estimate of drug-likeness (QED) is 0.750. The number of aromatic hydroxyl groups is 1. The van der Waals surface area contributed by atoms with Crippen molar-refractivity contribution in [2.45, 2.75) is 11.8 Å². The normalized spacial score (nSPS) is 10.9. The molecule has 1 N–H and O–H groups in total. The van der Waals surface area contributed by atoms with Gasteiger partial charge in [-0.05, 0) is 24.6 Å². The number of aryl methyl sites for hydroxylation is 1. The SMILES string of the molecule is Cc1cc(S(C)(=O)=O)c(C#N)cc1O. The third-order valence-corrected chi connectivity index (χ3v) is 2.95. The minimum Gasteiger partial charge on any atom is -0.508 e. The molecule has 4 nitrogen and oxygen atoms in total. The zero-order valence-electron chi connectivity index (χ0n) is 7.77. The molecule has 0 aromatic heterocycles. The lowest BCUT2D eigenvalue weighted by Gasteiger charge is -2.04. The molecule has 0 fully saturated rings. The van der Waals surface area contributed by atoms with Gasteiger partial charge in [0.25, 0.3) is 0 Å². The van der Waals surface area contributed by atoms with Gasteiger partial charge in [0.05, 0.1) is 10.5 Å². The molecule has 0 amide bonds. The van der Waals surface area contributed by atoms with Gasteiger partial charge in [0, 0.05) is 6.26 Å². The molecule has 0 bridgehead atoms. The lowest BCUT2D eigenvalue weighted by Crippen LogP contribution is -2.01. The lowest BCUT2D eigenvalue weighted by molar-refractivity contribution is 0.470. The maximum Gasteiger partial charge on any atom is 0.176 e. The van der Waals surface area contributed by atoms with E-state index in [1.807, 2.05) is 0 Å². The molecule has 5 heteroatoms. The molecule has 0 atom stereocenters. The molecule has 0 saturated heterocycles. The van der Waals surface area contributed by atoms with Crippen molar-refractivity contribution in [2.75, 3.05) is 6.26 Å². The van der Waals surface area contributed by atoms with E-state index in [-0.39, 0.29) is 16.2 Å². The molecule has 0 aliphatic rings. The first-order valence-corrected chi connectivity index (χ1v) is 5.69. The Labute approximate surface area is 82.3 Å². The van der Waals surface area contributed by atoms with Crippen molar-refractivity contribution >= 4 is 9.84 Å². The molecule has 0 radical (unpaired) electrons. The van der Waals surface area contributed by atoms with E-state index in [1.165, 1.54) is 6.07 Å².